The summed E-state index contributed by atoms with van der Waals surface area (Å²) in [5, 5.41) is 0.789. The molecule has 37 heavy (non-hydrogen) atoms. The molecule has 2 aromatic carbocycles. The van der Waals surface area contributed by atoms with E-state index in [4.69, 9.17) is 23.1 Å². The van der Waals surface area contributed by atoms with Crippen LogP contribution in [0.3, 0.4) is 0 Å². The predicted molar refractivity (Wildman–Crippen MR) is 162 cm³/mol. The third-order valence-corrected chi connectivity index (χ3v) is 8.88. The molecule has 6 nitrogen and oxygen atoms in total. The lowest BCUT2D eigenvalue weighted by atomic mass is 9.90. The first-order valence-corrected chi connectivity index (χ1v) is 14.5. The summed E-state index contributed by atoms with van der Waals surface area (Å²) in [6, 6.07) is 17.0. The van der Waals surface area contributed by atoms with E-state index in [1.165, 1.54) is 27.1 Å². The number of nitrogens with two attached hydrogens (primary N) is 2. The average molecular weight is 557 g/mol. The van der Waals surface area contributed by atoms with E-state index in [-0.39, 0.29) is 11.5 Å². The van der Waals surface area contributed by atoms with Crippen molar-refractivity contribution in [2.45, 2.75) is 44.6 Å². The molecule has 3 rings (SSSR count). The predicted octanol–water partition coefficient (Wildman–Crippen LogP) is 6.16. The summed E-state index contributed by atoms with van der Waals surface area (Å²) < 4.78 is 5.90. The number of rotatable bonds is 13. The highest BCUT2D eigenvalue weighted by molar-refractivity contribution is 7.97. The van der Waals surface area contributed by atoms with Gasteiger partial charge in [0.25, 0.3) is 0 Å². The second-order valence-corrected chi connectivity index (χ2v) is 11.7. The van der Waals surface area contributed by atoms with Gasteiger partial charge < -0.3 is 11.5 Å². The summed E-state index contributed by atoms with van der Waals surface area (Å²) in [4.78, 5) is 9.44. The minimum Gasteiger partial charge on any atom is -0.370 e. The molecular weight excluding hydrogens is 520 g/mol. The fraction of sp³-hybridized carbons (Fsp3) is 0.357. The van der Waals surface area contributed by atoms with Crippen LogP contribution in [0.25, 0.3) is 11.1 Å². The van der Waals surface area contributed by atoms with Gasteiger partial charge in [-0.25, -0.2) is 4.31 Å². The van der Waals surface area contributed by atoms with Gasteiger partial charge in [0.15, 0.2) is 5.96 Å². The molecule has 0 saturated carbocycles. The van der Waals surface area contributed by atoms with Crippen molar-refractivity contribution in [1.82, 2.24) is 14.0 Å². The number of guanidine groups is 1. The number of aromatic nitrogens is 1. The van der Waals surface area contributed by atoms with Crippen LogP contribution in [0.5, 0.6) is 0 Å². The molecular formula is C28H37ClN6S2. The van der Waals surface area contributed by atoms with Crippen molar-refractivity contribution in [3.63, 3.8) is 0 Å². The van der Waals surface area contributed by atoms with Crippen LogP contribution in [-0.4, -0.2) is 40.6 Å². The maximum atomic E-state index is 6.46. The lowest BCUT2D eigenvalue weighted by Gasteiger charge is -2.38. The number of aliphatic imine (C=N–C) groups is 1. The fourth-order valence-corrected chi connectivity index (χ4v) is 5.94. The van der Waals surface area contributed by atoms with Gasteiger partial charge in [0.05, 0.1) is 12.1 Å². The molecule has 5 N–H and O–H groups in total. The van der Waals surface area contributed by atoms with Crippen LogP contribution in [0.1, 0.15) is 37.0 Å². The van der Waals surface area contributed by atoms with Gasteiger partial charge in [-0.3, -0.25) is 14.7 Å². The van der Waals surface area contributed by atoms with Crippen molar-refractivity contribution in [3.05, 3.63) is 82.6 Å². The van der Waals surface area contributed by atoms with Crippen LogP contribution in [0.4, 0.5) is 0 Å². The molecule has 9 heteroatoms. The molecule has 0 amide bonds. The van der Waals surface area contributed by atoms with Crippen LogP contribution < -0.4 is 16.2 Å². The van der Waals surface area contributed by atoms with Crippen molar-refractivity contribution in [2.24, 2.45) is 16.5 Å². The van der Waals surface area contributed by atoms with Gasteiger partial charge in [0.2, 0.25) is 0 Å². The monoisotopic (exact) mass is 556 g/mol. The number of hydrogen-bond donors (Lipinski definition) is 3. The summed E-state index contributed by atoms with van der Waals surface area (Å²) in [7, 11) is 0. The molecule has 0 radical (unpaired) electrons. The maximum Gasteiger partial charge on any atom is 0.185 e. The van der Waals surface area contributed by atoms with E-state index in [9.17, 15) is 0 Å². The molecule has 0 bridgehead atoms. The molecule has 0 unspecified atom stereocenters. The second-order valence-electron chi connectivity index (χ2n) is 9.29. The molecule has 0 aliphatic carbocycles. The third-order valence-electron chi connectivity index (χ3n) is 6.18. The Morgan fingerprint density at radius 3 is 2.68 bits per heavy atom. The number of hydrogen-bond acceptors (Lipinski definition) is 6. The summed E-state index contributed by atoms with van der Waals surface area (Å²) in [5.74, 6) is 0.958. The van der Waals surface area contributed by atoms with Crippen LogP contribution in [0.2, 0.25) is 5.02 Å². The Morgan fingerprint density at radius 1 is 1.14 bits per heavy atom. The highest BCUT2D eigenvalue weighted by atomic mass is 35.5. The lowest BCUT2D eigenvalue weighted by molar-refractivity contribution is 0.251. The van der Waals surface area contributed by atoms with E-state index >= 15 is 0 Å². The van der Waals surface area contributed by atoms with E-state index < -0.39 is 0 Å². The molecule has 0 aliphatic rings. The zero-order chi connectivity index (χ0) is 26.8. The highest BCUT2D eigenvalue weighted by Gasteiger charge is 2.30. The molecule has 0 fully saturated rings. The third kappa shape index (κ3) is 8.38. The maximum absolute atomic E-state index is 6.46. The fourth-order valence-electron chi connectivity index (χ4n) is 3.91. The number of benzene rings is 2. The molecule has 0 atom stereocenters. The molecule has 1 heterocycles. The van der Waals surface area contributed by atoms with Gasteiger partial charge in [0.1, 0.15) is 0 Å². The van der Waals surface area contributed by atoms with Crippen molar-refractivity contribution in [2.75, 3.05) is 25.4 Å². The summed E-state index contributed by atoms with van der Waals surface area (Å²) in [6.45, 7) is 11.1. The Morgan fingerprint density at radius 2 is 1.92 bits per heavy atom. The smallest absolute Gasteiger partial charge is 0.185 e. The number of nitrogens with one attached hydrogen (secondary N) is 1. The molecule has 1 aromatic heterocycles. The van der Waals surface area contributed by atoms with E-state index in [1.54, 1.807) is 23.9 Å². The summed E-state index contributed by atoms with van der Waals surface area (Å²) >= 11 is 9.88. The first-order chi connectivity index (χ1) is 17.7. The van der Waals surface area contributed by atoms with Crippen molar-refractivity contribution in [1.29, 1.82) is 0 Å². The van der Waals surface area contributed by atoms with E-state index in [0.29, 0.717) is 6.54 Å². The number of nitrogens with zero attached hydrogens (tertiary/aromatic N) is 3. The van der Waals surface area contributed by atoms with Gasteiger partial charge in [-0.15, -0.1) is 0 Å². The summed E-state index contributed by atoms with van der Waals surface area (Å²) in [5.41, 5.74) is 16.5. The summed E-state index contributed by atoms with van der Waals surface area (Å²) in [6.07, 6.45) is 4.75. The van der Waals surface area contributed by atoms with Crippen molar-refractivity contribution >= 4 is 41.5 Å². The molecule has 3 aromatic rings. The zero-order valence-electron chi connectivity index (χ0n) is 22.0. The Bertz CT molecular complexity index is 1200. The number of halogens is 1. The topological polar surface area (TPSA) is 92.6 Å². The molecule has 0 saturated heterocycles. The van der Waals surface area contributed by atoms with Gasteiger partial charge in [-0.05, 0) is 98.1 Å². The number of aryl methyl sites for hydroxylation is 1. The van der Waals surface area contributed by atoms with Gasteiger partial charge in [-0.1, -0.05) is 47.8 Å². The number of pyridine rings is 1. The van der Waals surface area contributed by atoms with Gasteiger partial charge >= 0.3 is 0 Å². The molecule has 198 valence electrons. The van der Waals surface area contributed by atoms with E-state index in [0.717, 1.165) is 35.8 Å². The Hall–Kier alpha value is -2.23. The standard InChI is InChI=1S/C28H37ClN6S2/c1-20-19-32-14-12-24(20)22-8-5-9-23(18-22)28(3,4)35(37-26-11-6-10-25(29)21(26)2)16-7-13-34-36-17-15-33-27(30)31/h5-6,8-12,14,18-19,34H,7,13,15-17H2,1-4H3,(H4,30,31,33). The van der Waals surface area contributed by atoms with Crippen molar-refractivity contribution in [3.8, 4) is 11.1 Å². The van der Waals surface area contributed by atoms with E-state index in [1.807, 2.05) is 24.5 Å². The van der Waals surface area contributed by atoms with Gasteiger partial charge in [-0.2, -0.15) is 0 Å². The minimum atomic E-state index is -0.239. The van der Waals surface area contributed by atoms with Crippen LogP contribution in [-0.2, 0) is 5.54 Å². The van der Waals surface area contributed by atoms with Gasteiger partial charge in [0, 0.05) is 41.2 Å². The Balaban J connectivity index is 1.78. The minimum absolute atomic E-state index is 0.134. The lowest BCUT2D eigenvalue weighted by Crippen LogP contribution is -2.38. The second kappa shape index (κ2) is 14.1. The first-order valence-electron chi connectivity index (χ1n) is 12.3. The molecule has 0 spiro atoms. The van der Waals surface area contributed by atoms with Crippen LogP contribution >= 0.6 is 35.5 Å². The quantitative estimate of drug-likeness (QED) is 0.100. The van der Waals surface area contributed by atoms with Crippen LogP contribution in [0, 0.1) is 13.8 Å². The Labute approximate surface area is 234 Å². The van der Waals surface area contributed by atoms with E-state index in [2.05, 4.69) is 83.1 Å². The normalized spacial score (nSPS) is 11.6. The Kier molecular flexibility index (Phi) is 11.2. The van der Waals surface area contributed by atoms with Crippen molar-refractivity contribution < 1.29 is 0 Å². The largest absolute Gasteiger partial charge is 0.370 e. The highest BCUT2D eigenvalue weighted by Crippen LogP contribution is 2.40. The van der Waals surface area contributed by atoms with Crippen LogP contribution in [0.15, 0.2) is 70.8 Å². The SMILES string of the molecule is Cc1cnccc1-c1cccc(C(C)(C)N(CCCNSCCN=C(N)N)Sc2cccc(Cl)c2C)c1. The average Bonchev–Trinajstić information content (AvgIpc) is 2.87. The molecule has 0 aliphatic heterocycles. The zero-order valence-corrected chi connectivity index (χ0v) is 24.4. The first kappa shape index (κ1) is 29.3.